The highest BCUT2D eigenvalue weighted by atomic mass is 32.1. The third-order valence-electron chi connectivity index (χ3n) is 3.43. The summed E-state index contributed by atoms with van der Waals surface area (Å²) in [7, 11) is 0. The fraction of sp³-hybridized carbons (Fsp3) is 0.692. The lowest BCUT2D eigenvalue weighted by atomic mass is 9.74. The van der Waals surface area contributed by atoms with Crippen LogP contribution in [0.5, 0.6) is 0 Å². The Morgan fingerprint density at radius 1 is 1.53 bits per heavy atom. The van der Waals surface area contributed by atoms with E-state index < -0.39 is 5.54 Å². The van der Waals surface area contributed by atoms with Crippen LogP contribution in [-0.4, -0.2) is 16.3 Å². The standard InChI is InChI=1S/C13H20N2OS/c1-12(2,3)9-8-17-11(15-9)7-10(16)13(14)5-4-6-13/h8H,4-7,14H2,1-3H3. The van der Waals surface area contributed by atoms with Gasteiger partial charge in [0.25, 0.3) is 0 Å². The average molecular weight is 252 g/mol. The van der Waals surface area contributed by atoms with E-state index in [9.17, 15) is 4.79 Å². The first-order valence-electron chi connectivity index (χ1n) is 6.08. The summed E-state index contributed by atoms with van der Waals surface area (Å²) in [6, 6.07) is 0. The molecule has 0 bridgehead atoms. The fourth-order valence-corrected chi connectivity index (χ4v) is 2.91. The van der Waals surface area contributed by atoms with Crippen molar-refractivity contribution in [2.75, 3.05) is 0 Å². The fourth-order valence-electron chi connectivity index (χ4n) is 1.89. The highest BCUT2D eigenvalue weighted by molar-refractivity contribution is 7.09. The third kappa shape index (κ3) is 2.58. The molecule has 1 aliphatic rings. The first kappa shape index (κ1) is 12.7. The summed E-state index contributed by atoms with van der Waals surface area (Å²) in [5.74, 6) is 0.151. The second-order valence-corrected chi connectivity index (χ2v) is 6.93. The van der Waals surface area contributed by atoms with Gasteiger partial charge in [-0.05, 0) is 19.3 Å². The van der Waals surface area contributed by atoms with Crippen molar-refractivity contribution in [3.05, 3.63) is 16.1 Å². The Balaban J connectivity index is 2.04. The number of nitrogens with two attached hydrogens (primary N) is 1. The Hall–Kier alpha value is -0.740. The molecule has 0 unspecified atom stereocenters. The van der Waals surface area contributed by atoms with Crippen LogP contribution in [0.3, 0.4) is 0 Å². The summed E-state index contributed by atoms with van der Waals surface area (Å²) in [6.45, 7) is 6.39. The third-order valence-corrected chi connectivity index (χ3v) is 4.28. The van der Waals surface area contributed by atoms with Gasteiger partial charge < -0.3 is 5.73 Å². The number of hydrogen-bond donors (Lipinski definition) is 1. The molecular formula is C13H20N2OS. The van der Waals surface area contributed by atoms with E-state index in [0.717, 1.165) is 30.0 Å². The van der Waals surface area contributed by atoms with E-state index in [4.69, 9.17) is 5.73 Å². The van der Waals surface area contributed by atoms with Crippen molar-refractivity contribution < 1.29 is 4.79 Å². The highest BCUT2D eigenvalue weighted by Crippen LogP contribution is 2.32. The largest absolute Gasteiger partial charge is 0.319 e. The van der Waals surface area contributed by atoms with Crippen LogP contribution >= 0.6 is 11.3 Å². The van der Waals surface area contributed by atoms with Gasteiger partial charge in [-0.1, -0.05) is 20.8 Å². The number of aromatic nitrogens is 1. The van der Waals surface area contributed by atoms with Gasteiger partial charge in [-0.25, -0.2) is 4.98 Å². The van der Waals surface area contributed by atoms with Crippen molar-refractivity contribution in [1.82, 2.24) is 4.98 Å². The van der Waals surface area contributed by atoms with Gasteiger partial charge in [0.1, 0.15) is 5.01 Å². The number of carbonyl (C=O) groups excluding carboxylic acids is 1. The number of nitrogens with zero attached hydrogens (tertiary/aromatic N) is 1. The van der Waals surface area contributed by atoms with Crippen molar-refractivity contribution in [2.24, 2.45) is 5.73 Å². The topological polar surface area (TPSA) is 56.0 Å². The molecule has 1 saturated carbocycles. The Morgan fingerprint density at radius 3 is 2.59 bits per heavy atom. The van der Waals surface area contributed by atoms with Crippen LogP contribution in [-0.2, 0) is 16.6 Å². The van der Waals surface area contributed by atoms with Crippen molar-refractivity contribution in [3.63, 3.8) is 0 Å². The van der Waals surface area contributed by atoms with Crippen molar-refractivity contribution in [3.8, 4) is 0 Å². The molecule has 2 rings (SSSR count). The van der Waals surface area contributed by atoms with E-state index in [1.54, 1.807) is 11.3 Å². The minimum atomic E-state index is -0.548. The first-order chi connectivity index (χ1) is 7.81. The maximum Gasteiger partial charge on any atom is 0.159 e. The molecule has 0 aromatic carbocycles. The maximum absolute atomic E-state index is 12.0. The molecule has 0 spiro atoms. The van der Waals surface area contributed by atoms with Gasteiger partial charge in [-0.2, -0.15) is 0 Å². The predicted molar refractivity (Wildman–Crippen MR) is 70.3 cm³/mol. The van der Waals surface area contributed by atoms with Crippen LogP contribution in [0.2, 0.25) is 0 Å². The first-order valence-corrected chi connectivity index (χ1v) is 6.96. The molecule has 4 heteroatoms. The van der Waals surface area contributed by atoms with Gasteiger partial charge in [0, 0.05) is 10.8 Å². The zero-order chi connectivity index (χ0) is 12.7. The van der Waals surface area contributed by atoms with Crippen LogP contribution < -0.4 is 5.73 Å². The minimum absolute atomic E-state index is 0.0503. The summed E-state index contributed by atoms with van der Waals surface area (Å²) in [6.07, 6.45) is 3.15. The molecule has 1 aliphatic carbocycles. The summed E-state index contributed by atoms with van der Waals surface area (Å²) < 4.78 is 0. The quantitative estimate of drug-likeness (QED) is 0.899. The number of thiazole rings is 1. The number of ketones is 1. The maximum atomic E-state index is 12.0. The van der Waals surface area contributed by atoms with Crippen LogP contribution in [0.4, 0.5) is 0 Å². The average Bonchev–Trinajstić information content (AvgIpc) is 2.61. The number of carbonyl (C=O) groups is 1. The van der Waals surface area contributed by atoms with Crippen molar-refractivity contribution in [1.29, 1.82) is 0 Å². The van der Waals surface area contributed by atoms with E-state index in [1.165, 1.54) is 0 Å². The van der Waals surface area contributed by atoms with E-state index in [0.29, 0.717) is 6.42 Å². The normalized spacial score (nSPS) is 18.8. The lowest BCUT2D eigenvalue weighted by molar-refractivity contribution is -0.126. The Morgan fingerprint density at radius 2 is 2.18 bits per heavy atom. The molecule has 0 saturated heterocycles. The molecule has 1 aromatic heterocycles. The van der Waals surface area contributed by atoms with E-state index in [1.807, 2.05) is 5.38 Å². The molecule has 0 amide bonds. The van der Waals surface area contributed by atoms with Gasteiger partial charge in [0.2, 0.25) is 0 Å². The van der Waals surface area contributed by atoms with Crippen LogP contribution in [0.1, 0.15) is 50.7 Å². The molecule has 17 heavy (non-hydrogen) atoms. The van der Waals surface area contributed by atoms with Gasteiger partial charge in [-0.15, -0.1) is 11.3 Å². The van der Waals surface area contributed by atoms with Gasteiger partial charge >= 0.3 is 0 Å². The number of rotatable bonds is 3. The van der Waals surface area contributed by atoms with E-state index in [2.05, 4.69) is 25.8 Å². The predicted octanol–water partition coefficient (Wildman–Crippen LogP) is 2.43. The SMILES string of the molecule is CC(C)(C)c1csc(CC(=O)C2(N)CCC2)n1. The molecule has 0 atom stereocenters. The summed E-state index contributed by atoms with van der Waals surface area (Å²) in [5, 5.41) is 2.95. The molecule has 1 fully saturated rings. The van der Waals surface area contributed by atoms with E-state index >= 15 is 0 Å². The molecular weight excluding hydrogens is 232 g/mol. The second kappa shape index (κ2) is 4.18. The van der Waals surface area contributed by atoms with E-state index in [-0.39, 0.29) is 11.2 Å². The lowest BCUT2D eigenvalue weighted by Crippen LogP contribution is -2.54. The highest BCUT2D eigenvalue weighted by Gasteiger charge is 2.39. The Bertz CT molecular complexity index is 427. The molecule has 3 nitrogen and oxygen atoms in total. The minimum Gasteiger partial charge on any atom is -0.319 e. The molecule has 2 N–H and O–H groups in total. The smallest absolute Gasteiger partial charge is 0.159 e. The second-order valence-electron chi connectivity index (χ2n) is 5.99. The summed E-state index contributed by atoms with van der Waals surface area (Å²) in [5.41, 5.74) is 6.58. The molecule has 1 aromatic rings. The number of Topliss-reactive ketones (excluding diaryl/α,β-unsaturated/α-hetero) is 1. The zero-order valence-electron chi connectivity index (χ0n) is 10.7. The number of hydrogen-bond acceptors (Lipinski definition) is 4. The molecule has 0 radical (unpaired) electrons. The van der Waals surface area contributed by atoms with Gasteiger partial charge in [0.05, 0.1) is 17.7 Å². The monoisotopic (exact) mass is 252 g/mol. The molecule has 0 aliphatic heterocycles. The zero-order valence-corrected chi connectivity index (χ0v) is 11.6. The van der Waals surface area contributed by atoms with Crippen LogP contribution in [0.25, 0.3) is 0 Å². The Kier molecular flexibility index (Phi) is 3.12. The molecule has 94 valence electrons. The van der Waals surface area contributed by atoms with Crippen molar-refractivity contribution >= 4 is 17.1 Å². The van der Waals surface area contributed by atoms with Crippen LogP contribution in [0, 0.1) is 0 Å². The lowest BCUT2D eigenvalue weighted by Gasteiger charge is -2.36. The summed E-state index contributed by atoms with van der Waals surface area (Å²) in [4.78, 5) is 16.6. The summed E-state index contributed by atoms with van der Waals surface area (Å²) >= 11 is 1.57. The Labute approximate surface area is 106 Å². The van der Waals surface area contributed by atoms with Crippen molar-refractivity contribution in [2.45, 2.75) is 57.4 Å². The van der Waals surface area contributed by atoms with Gasteiger partial charge in [0.15, 0.2) is 5.78 Å². The molecule has 1 heterocycles. The van der Waals surface area contributed by atoms with Crippen LogP contribution in [0.15, 0.2) is 5.38 Å². The van der Waals surface area contributed by atoms with Gasteiger partial charge in [-0.3, -0.25) is 4.79 Å².